The Balaban J connectivity index is 1.78. The van der Waals surface area contributed by atoms with E-state index in [9.17, 15) is 14.7 Å². The van der Waals surface area contributed by atoms with Crippen LogP contribution in [0.5, 0.6) is 11.5 Å². The van der Waals surface area contributed by atoms with Gasteiger partial charge in [-0.1, -0.05) is 60.4 Å². The Morgan fingerprint density at radius 2 is 1.96 bits per heavy atom. The molecule has 3 rings (SSSR count). The molecule has 1 aliphatic heterocycles. The first-order valence-corrected chi connectivity index (χ1v) is 9.50. The standard InChI is InChI=1S/C20H17NO5S2/c1-25-16-9-14(7-8-15(16)26-12-18(22)23)10-17-19(24)21(20(27)28-17)11-13-5-3-2-4-6-13/h2-10H,11-12H2,1H3,(H,22,23)/p-1/b17-10+. The SMILES string of the molecule is COc1cc(/C=C2/SC(=S)N(Cc3ccccc3)C2=O)ccc1OCC(=O)[O-]. The van der Waals surface area contributed by atoms with Crippen molar-refractivity contribution in [2.24, 2.45) is 0 Å². The number of rotatable bonds is 7. The molecular weight excluding hydrogens is 398 g/mol. The van der Waals surface area contributed by atoms with Crippen LogP contribution >= 0.6 is 24.0 Å². The fourth-order valence-corrected chi connectivity index (χ4v) is 3.84. The number of carboxylic acids is 1. The zero-order valence-electron chi connectivity index (χ0n) is 14.9. The molecule has 1 aliphatic rings. The van der Waals surface area contributed by atoms with Crippen molar-refractivity contribution < 1.29 is 24.2 Å². The highest BCUT2D eigenvalue weighted by atomic mass is 32.2. The first-order chi connectivity index (χ1) is 13.5. The van der Waals surface area contributed by atoms with Gasteiger partial charge in [-0.3, -0.25) is 9.69 Å². The summed E-state index contributed by atoms with van der Waals surface area (Å²) in [6.07, 6.45) is 1.72. The first kappa shape index (κ1) is 19.9. The van der Waals surface area contributed by atoms with Crippen molar-refractivity contribution in [2.75, 3.05) is 13.7 Å². The number of hydrogen-bond donors (Lipinski definition) is 0. The van der Waals surface area contributed by atoms with Gasteiger partial charge in [0.05, 0.1) is 24.5 Å². The van der Waals surface area contributed by atoms with Crippen molar-refractivity contribution in [3.8, 4) is 11.5 Å². The van der Waals surface area contributed by atoms with E-state index in [4.69, 9.17) is 21.7 Å². The molecule has 28 heavy (non-hydrogen) atoms. The number of ether oxygens (including phenoxy) is 2. The van der Waals surface area contributed by atoms with E-state index in [0.29, 0.717) is 27.1 Å². The van der Waals surface area contributed by atoms with E-state index in [1.165, 1.54) is 18.9 Å². The molecule has 0 bridgehead atoms. The molecule has 0 aromatic heterocycles. The van der Waals surface area contributed by atoms with E-state index >= 15 is 0 Å². The average Bonchev–Trinajstić information content (AvgIpc) is 2.95. The Morgan fingerprint density at radius 3 is 2.64 bits per heavy atom. The third-order valence-electron chi connectivity index (χ3n) is 3.89. The lowest BCUT2D eigenvalue weighted by atomic mass is 10.1. The molecule has 0 unspecified atom stereocenters. The zero-order chi connectivity index (χ0) is 20.1. The minimum atomic E-state index is -1.33. The second-order valence-corrected chi connectivity index (χ2v) is 7.50. The van der Waals surface area contributed by atoms with E-state index in [0.717, 1.165) is 5.56 Å². The third-order valence-corrected chi connectivity index (χ3v) is 5.27. The highest BCUT2D eigenvalue weighted by Crippen LogP contribution is 2.35. The summed E-state index contributed by atoms with van der Waals surface area (Å²) in [5.74, 6) is -0.849. The summed E-state index contributed by atoms with van der Waals surface area (Å²) in [4.78, 5) is 25.4. The molecule has 2 aromatic rings. The van der Waals surface area contributed by atoms with Gasteiger partial charge in [0.1, 0.15) is 10.9 Å². The number of thioether (sulfide) groups is 1. The van der Waals surface area contributed by atoms with Gasteiger partial charge in [-0.05, 0) is 29.3 Å². The van der Waals surface area contributed by atoms with Crippen LogP contribution in [0.4, 0.5) is 0 Å². The number of hydrogen-bond acceptors (Lipinski definition) is 7. The van der Waals surface area contributed by atoms with Crippen LogP contribution in [-0.2, 0) is 16.1 Å². The van der Waals surface area contributed by atoms with E-state index in [1.54, 1.807) is 29.2 Å². The number of nitrogens with zero attached hydrogens (tertiary/aromatic N) is 1. The summed E-state index contributed by atoms with van der Waals surface area (Å²) >= 11 is 6.60. The highest BCUT2D eigenvalue weighted by molar-refractivity contribution is 8.26. The van der Waals surface area contributed by atoms with Gasteiger partial charge < -0.3 is 19.4 Å². The van der Waals surface area contributed by atoms with Gasteiger partial charge in [-0.15, -0.1) is 0 Å². The number of carbonyl (C=O) groups excluding carboxylic acids is 2. The molecule has 1 fully saturated rings. The Labute approximate surface area is 171 Å². The topological polar surface area (TPSA) is 78.9 Å². The molecule has 6 nitrogen and oxygen atoms in total. The highest BCUT2D eigenvalue weighted by Gasteiger charge is 2.32. The van der Waals surface area contributed by atoms with Crippen molar-refractivity contribution in [3.63, 3.8) is 0 Å². The molecule has 0 atom stereocenters. The van der Waals surface area contributed by atoms with E-state index in [-0.39, 0.29) is 11.7 Å². The van der Waals surface area contributed by atoms with Crippen LogP contribution in [0, 0.1) is 0 Å². The van der Waals surface area contributed by atoms with Crippen molar-refractivity contribution in [1.82, 2.24) is 4.90 Å². The lowest BCUT2D eigenvalue weighted by molar-refractivity contribution is -0.307. The number of amides is 1. The maximum Gasteiger partial charge on any atom is 0.266 e. The Morgan fingerprint density at radius 1 is 1.21 bits per heavy atom. The smallest absolute Gasteiger partial charge is 0.266 e. The quantitative estimate of drug-likeness (QED) is 0.508. The van der Waals surface area contributed by atoms with Crippen LogP contribution in [0.15, 0.2) is 53.4 Å². The fourth-order valence-electron chi connectivity index (χ4n) is 2.58. The van der Waals surface area contributed by atoms with E-state index in [1.807, 2.05) is 30.3 Å². The number of benzene rings is 2. The molecule has 0 spiro atoms. The first-order valence-electron chi connectivity index (χ1n) is 8.28. The molecule has 2 aromatic carbocycles. The van der Waals surface area contributed by atoms with Crippen LogP contribution < -0.4 is 14.6 Å². The molecular formula is C20H16NO5S2-. The van der Waals surface area contributed by atoms with Crippen LogP contribution in [0.2, 0.25) is 0 Å². The number of carbonyl (C=O) groups is 2. The second kappa shape index (κ2) is 8.90. The second-order valence-electron chi connectivity index (χ2n) is 5.82. The molecule has 1 saturated heterocycles. The van der Waals surface area contributed by atoms with Crippen molar-refractivity contribution in [2.45, 2.75) is 6.54 Å². The summed E-state index contributed by atoms with van der Waals surface area (Å²) < 4.78 is 10.9. The predicted molar refractivity (Wildman–Crippen MR) is 109 cm³/mol. The van der Waals surface area contributed by atoms with Gasteiger partial charge in [0.2, 0.25) is 0 Å². The lowest BCUT2D eigenvalue weighted by Gasteiger charge is -2.14. The van der Waals surface area contributed by atoms with Gasteiger partial charge in [0.15, 0.2) is 11.5 Å². The van der Waals surface area contributed by atoms with Gasteiger partial charge in [-0.2, -0.15) is 0 Å². The van der Waals surface area contributed by atoms with Crippen LogP contribution in [-0.4, -0.2) is 34.8 Å². The molecule has 0 saturated carbocycles. The summed E-state index contributed by atoms with van der Waals surface area (Å²) in [6, 6.07) is 14.6. The average molecular weight is 414 g/mol. The van der Waals surface area contributed by atoms with Crippen LogP contribution in [0.25, 0.3) is 6.08 Å². The summed E-state index contributed by atoms with van der Waals surface area (Å²) in [7, 11) is 1.45. The minimum Gasteiger partial charge on any atom is -0.546 e. The molecule has 0 N–H and O–H groups in total. The molecule has 0 aliphatic carbocycles. The minimum absolute atomic E-state index is 0.157. The van der Waals surface area contributed by atoms with Gasteiger partial charge in [0.25, 0.3) is 5.91 Å². The number of thiocarbonyl (C=S) groups is 1. The van der Waals surface area contributed by atoms with Crippen molar-refractivity contribution in [3.05, 3.63) is 64.6 Å². The van der Waals surface area contributed by atoms with Gasteiger partial charge in [-0.25, -0.2) is 0 Å². The Kier molecular flexibility index (Phi) is 6.33. The number of carboxylic acid groups (broad SMARTS) is 1. The molecule has 0 radical (unpaired) electrons. The summed E-state index contributed by atoms with van der Waals surface area (Å²) in [5.41, 5.74) is 1.70. The van der Waals surface area contributed by atoms with Gasteiger partial charge >= 0.3 is 0 Å². The Hall–Kier alpha value is -2.84. The largest absolute Gasteiger partial charge is 0.546 e. The van der Waals surface area contributed by atoms with E-state index in [2.05, 4.69) is 0 Å². The lowest BCUT2D eigenvalue weighted by Crippen LogP contribution is -2.29. The molecule has 1 heterocycles. The molecule has 1 amide bonds. The maximum absolute atomic E-state index is 12.7. The normalized spacial score (nSPS) is 15.2. The van der Waals surface area contributed by atoms with Crippen LogP contribution in [0.3, 0.4) is 0 Å². The molecule has 144 valence electrons. The van der Waals surface area contributed by atoms with Crippen molar-refractivity contribution >= 4 is 46.3 Å². The van der Waals surface area contributed by atoms with Crippen molar-refractivity contribution in [1.29, 1.82) is 0 Å². The van der Waals surface area contributed by atoms with E-state index < -0.39 is 12.6 Å². The summed E-state index contributed by atoms with van der Waals surface area (Å²) in [5, 5.41) is 10.6. The third kappa shape index (κ3) is 4.71. The summed E-state index contributed by atoms with van der Waals surface area (Å²) in [6.45, 7) is -0.157. The fraction of sp³-hybridized carbons (Fsp3) is 0.150. The predicted octanol–water partition coefficient (Wildman–Crippen LogP) is 2.23. The van der Waals surface area contributed by atoms with Crippen LogP contribution in [0.1, 0.15) is 11.1 Å². The zero-order valence-corrected chi connectivity index (χ0v) is 16.5. The number of methoxy groups -OCH3 is 1. The number of aliphatic carboxylic acids is 1. The maximum atomic E-state index is 12.7. The molecule has 8 heteroatoms. The van der Waals surface area contributed by atoms with Gasteiger partial charge in [0, 0.05) is 0 Å². The Bertz CT molecular complexity index is 943. The monoisotopic (exact) mass is 414 g/mol.